The van der Waals surface area contributed by atoms with Crippen LogP contribution in [0.1, 0.15) is 43.5 Å². The molecule has 3 heterocycles. The van der Waals surface area contributed by atoms with Gasteiger partial charge in [-0.15, -0.1) is 10.2 Å². The number of benzene rings is 1. The quantitative estimate of drug-likeness (QED) is 0.475. The number of aromatic amines is 1. The minimum atomic E-state index is -3.11. The normalized spacial score (nSPS) is 21.9. The Bertz CT molecular complexity index is 1300. The molecular weight excluding hydrogens is 410 g/mol. The van der Waals surface area contributed by atoms with Crippen molar-refractivity contribution >= 4 is 26.6 Å². The van der Waals surface area contributed by atoms with Gasteiger partial charge in [-0.05, 0) is 42.7 Å². The number of nitrogens with zero attached hydrogens (tertiary/aromatic N) is 4. The van der Waals surface area contributed by atoms with E-state index in [2.05, 4.69) is 31.5 Å². The van der Waals surface area contributed by atoms with Gasteiger partial charge in [0.25, 0.3) is 0 Å². The van der Waals surface area contributed by atoms with Gasteiger partial charge in [-0.3, -0.25) is 4.40 Å². The number of sulfone groups is 1. The van der Waals surface area contributed by atoms with E-state index in [9.17, 15) is 8.42 Å². The van der Waals surface area contributed by atoms with E-state index in [1.54, 1.807) is 6.20 Å². The van der Waals surface area contributed by atoms with Gasteiger partial charge in [-0.1, -0.05) is 43.7 Å². The van der Waals surface area contributed by atoms with Crippen LogP contribution in [0.5, 0.6) is 0 Å². The second-order valence-electron chi connectivity index (χ2n) is 8.68. The average molecular weight is 438 g/mol. The fraction of sp³-hybridized carbons (Fsp3) is 0.435. The number of aryl methyl sites for hydroxylation is 1. The van der Waals surface area contributed by atoms with E-state index in [0.29, 0.717) is 12.3 Å². The van der Waals surface area contributed by atoms with Gasteiger partial charge in [0.05, 0.1) is 23.2 Å². The molecule has 162 valence electrons. The Morgan fingerprint density at radius 3 is 2.77 bits per heavy atom. The molecule has 5 rings (SSSR count). The number of hydrogen-bond acceptors (Lipinski definition) is 5. The Balaban J connectivity index is 1.35. The third-order valence-electron chi connectivity index (χ3n) is 6.65. The molecule has 1 saturated carbocycles. The summed E-state index contributed by atoms with van der Waals surface area (Å²) in [5.41, 5.74) is 3.57. The molecule has 1 aliphatic carbocycles. The van der Waals surface area contributed by atoms with Gasteiger partial charge in [-0.2, -0.15) is 0 Å². The van der Waals surface area contributed by atoms with Crippen molar-refractivity contribution in [3.8, 4) is 0 Å². The van der Waals surface area contributed by atoms with E-state index in [-0.39, 0.29) is 23.3 Å². The lowest BCUT2D eigenvalue weighted by Gasteiger charge is -2.16. The molecule has 0 spiro atoms. The highest BCUT2D eigenvalue weighted by Gasteiger charge is 2.38. The zero-order valence-corrected chi connectivity index (χ0v) is 18.4. The molecule has 8 heteroatoms. The molecule has 1 fully saturated rings. The SMILES string of the molecule is CC[C@@H]1C[C@H](CS(=O)(=O)CCc2ccccc2)C[C@@H]1c1nnc2cnc3[nH]ccc3n12. The van der Waals surface area contributed by atoms with Gasteiger partial charge in [0.1, 0.15) is 5.82 Å². The Morgan fingerprint density at radius 2 is 1.97 bits per heavy atom. The molecule has 0 aliphatic heterocycles. The second kappa shape index (κ2) is 8.07. The predicted octanol–water partition coefficient (Wildman–Crippen LogP) is 3.78. The summed E-state index contributed by atoms with van der Waals surface area (Å²) in [7, 11) is -3.11. The van der Waals surface area contributed by atoms with Crippen molar-refractivity contribution in [3.05, 3.63) is 60.2 Å². The maximum Gasteiger partial charge on any atom is 0.179 e. The zero-order chi connectivity index (χ0) is 21.4. The Morgan fingerprint density at radius 1 is 1.13 bits per heavy atom. The van der Waals surface area contributed by atoms with E-state index in [0.717, 1.165) is 47.5 Å². The minimum Gasteiger partial charge on any atom is -0.345 e. The van der Waals surface area contributed by atoms with Crippen LogP contribution in [0, 0.1) is 11.8 Å². The largest absolute Gasteiger partial charge is 0.345 e. The summed E-state index contributed by atoms with van der Waals surface area (Å²) in [4.78, 5) is 7.54. The lowest BCUT2D eigenvalue weighted by atomic mass is 9.93. The van der Waals surface area contributed by atoms with Crippen LogP contribution in [-0.4, -0.2) is 44.5 Å². The number of aromatic nitrogens is 5. The molecular formula is C23H27N5O2S. The van der Waals surface area contributed by atoms with Gasteiger partial charge in [0.15, 0.2) is 21.1 Å². The highest BCUT2D eigenvalue weighted by Crippen LogP contribution is 2.45. The van der Waals surface area contributed by atoms with Crippen molar-refractivity contribution in [1.82, 2.24) is 24.6 Å². The lowest BCUT2D eigenvalue weighted by Crippen LogP contribution is -2.19. The van der Waals surface area contributed by atoms with E-state index in [1.165, 1.54) is 0 Å². The highest BCUT2D eigenvalue weighted by molar-refractivity contribution is 7.91. The first-order valence-electron chi connectivity index (χ1n) is 11.0. The van der Waals surface area contributed by atoms with E-state index >= 15 is 0 Å². The maximum absolute atomic E-state index is 12.9. The van der Waals surface area contributed by atoms with Crippen molar-refractivity contribution in [2.24, 2.45) is 11.8 Å². The fourth-order valence-corrected chi connectivity index (χ4v) is 6.85. The number of hydrogen-bond donors (Lipinski definition) is 1. The van der Waals surface area contributed by atoms with Crippen molar-refractivity contribution < 1.29 is 8.42 Å². The molecule has 1 N–H and O–H groups in total. The average Bonchev–Trinajstić information content (AvgIpc) is 3.49. The molecule has 0 unspecified atom stereocenters. The lowest BCUT2D eigenvalue weighted by molar-refractivity contribution is 0.447. The molecule has 4 aromatic rings. The van der Waals surface area contributed by atoms with E-state index < -0.39 is 9.84 Å². The molecule has 0 saturated heterocycles. The van der Waals surface area contributed by atoms with Crippen LogP contribution in [0.15, 0.2) is 48.8 Å². The van der Waals surface area contributed by atoms with Gasteiger partial charge in [0.2, 0.25) is 0 Å². The second-order valence-corrected chi connectivity index (χ2v) is 10.9. The third kappa shape index (κ3) is 3.96. The predicted molar refractivity (Wildman–Crippen MR) is 121 cm³/mol. The summed E-state index contributed by atoms with van der Waals surface area (Å²) in [6.07, 6.45) is 6.93. The van der Waals surface area contributed by atoms with E-state index in [1.807, 2.05) is 42.6 Å². The van der Waals surface area contributed by atoms with Crippen molar-refractivity contribution in [2.75, 3.05) is 11.5 Å². The molecule has 7 nitrogen and oxygen atoms in total. The van der Waals surface area contributed by atoms with Gasteiger partial charge < -0.3 is 4.98 Å². The number of rotatable bonds is 7. The van der Waals surface area contributed by atoms with Gasteiger partial charge >= 0.3 is 0 Å². The third-order valence-corrected chi connectivity index (χ3v) is 8.46. The smallest absolute Gasteiger partial charge is 0.179 e. The molecule has 3 aromatic heterocycles. The number of fused-ring (bicyclic) bond motifs is 3. The molecule has 0 amide bonds. The van der Waals surface area contributed by atoms with Crippen molar-refractivity contribution in [3.63, 3.8) is 0 Å². The summed E-state index contributed by atoms with van der Waals surface area (Å²) in [5, 5.41) is 8.86. The number of H-pyrrole nitrogens is 1. The summed E-state index contributed by atoms with van der Waals surface area (Å²) in [6, 6.07) is 11.8. The molecule has 0 radical (unpaired) electrons. The molecule has 0 bridgehead atoms. The van der Waals surface area contributed by atoms with Crippen LogP contribution in [0.4, 0.5) is 0 Å². The number of nitrogens with one attached hydrogen (secondary N) is 1. The molecule has 1 aromatic carbocycles. The van der Waals surface area contributed by atoms with Crippen LogP contribution in [0.2, 0.25) is 0 Å². The van der Waals surface area contributed by atoms with E-state index in [4.69, 9.17) is 0 Å². The monoisotopic (exact) mass is 437 g/mol. The molecule has 1 aliphatic rings. The van der Waals surface area contributed by atoms with Gasteiger partial charge in [0, 0.05) is 12.1 Å². The summed E-state index contributed by atoms with van der Waals surface area (Å²) in [6.45, 7) is 2.18. The van der Waals surface area contributed by atoms with Crippen LogP contribution in [0.3, 0.4) is 0 Å². The first kappa shape index (κ1) is 20.2. The first-order valence-corrected chi connectivity index (χ1v) is 12.8. The minimum absolute atomic E-state index is 0.159. The topological polar surface area (TPSA) is 93.0 Å². The van der Waals surface area contributed by atoms with Crippen LogP contribution < -0.4 is 0 Å². The maximum atomic E-state index is 12.9. The summed E-state index contributed by atoms with van der Waals surface area (Å²) >= 11 is 0. The summed E-state index contributed by atoms with van der Waals surface area (Å²) < 4.78 is 27.8. The van der Waals surface area contributed by atoms with Crippen LogP contribution in [-0.2, 0) is 16.3 Å². The highest BCUT2D eigenvalue weighted by atomic mass is 32.2. The van der Waals surface area contributed by atoms with Crippen molar-refractivity contribution in [2.45, 2.75) is 38.5 Å². The first-order chi connectivity index (χ1) is 15.0. The summed E-state index contributed by atoms with van der Waals surface area (Å²) in [5.74, 6) is 2.16. The Hall–Kier alpha value is -2.74. The van der Waals surface area contributed by atoms with Crippen LogP contribution >= 0.6 is 0 Å². The fourth-order valence-electron chi connectivity index (χ4n) is 5.14. The van der Waals surface area contributed by atoms with Crippen LogP contribution in [0.25, 0.3) is 16.8 Å². The van der Waals surface area contributed by atoms with Gasteiger partial charge in [-0.25, -0.2) is 13.4 Å². The Kier molecular flexibility index (Phi) is 5.25. The van der Waals surface area contributed by atoms with Crippen molar-refractivity contribution in [1.29, 1.82) is 0 Å². The standard InChI is InChI=1S/C23H27N5O2S/c1-2-18-12-17(15-31(29,30)11-9-16-6-4-3-5-7-16)13-19(18)23-27-26-21-14-25-22-20(28(21)23)8-10-24-22/h3-8,10,14,17-19,24H,2,9,11-13,15H2,1H3/t17-,18+,19-/m0/s1. The molecule has 3 atom stereocenters. The molecule has 31 heavy (non-hydrogen) atoms. The Labute approximate surface area is 181 Å². The zero-order valence-electron chi connectivity index (χ0n) is 17.6.